The summed E-state index contributed by atoms with van der Waals surface area (Å²) in [5.74, 6) is 2.06. The number of aromatic nitrogens is 3. The van der Waals surface area contributed by atoms with E-state index < -0.39 is 6.10 Å². The fourth-order valence-corrected chi connectivity index (χ4v) is 3.32. The fourth-order valence-electron chi connectivity index (χ4n) is 3.06. The van der Waals surface area contributed by atoms with E-state index in [4.69, 9.17) is 11.6 Å². The molecule has 5 nitrogen and oxygen atoms in total. The Morgan fingerprint density at radius 2 is 2.27 bits per heavy atom. The number of β-amino-alcohol motifs (C(OH)–C–C–N with tert-alkyl or cyclic N) is 1. The highest BCUT2D eigenvalue weighted by atomic mass is 35.5. The number of nitrogens with zero attached hydrogens (tertiary/aromatic N) is 3. The molecule has 0 saturated carbocycles. The summed E-state index contributed by atoms with van der Waals surface area (Å²) in [5.41, 5.74) is 0.792. The van der Waals surface area contributed by atoms with Crippen molar-refractivity contribution in [3.05, 3.63) is 46.5 Å². The third-order valence-electron chi connectivity index (χ3n) is 4.18. The topological polar surface area (TPSA) is 65.0 Å². The smallest absolute Gasteiger partial charge is 0.155 e. The van der Waals surface area contributed by atoms with Crippen LogP contribution in [0.15, 0.2) is 24.3 Å². The van der Waals surface area contributed by atoms with E-state index >= 15 is 0 Å². The number of H-pyrrole nitrogens is 1. The van der Waals surface area contributed by atoms with Crippen LogP contribution in [0.3, 0.4) is 0 Å². The summed E-state index contributed by atoms with van der Waals surface area (Å²) >= 11 is 6.16. The molecule has 0 radical (unpaired) electrons. The SMILES string of the molecule is Cc1nc(C2CCCN(CC(O)c3ccccc3Cl)C2)n[nH]1. The van der Waals surface area contributed by atoms with Crippen LogP contribution in [0.4, 0.5) is 0 Å². The van der Waals surface area contributed by atoms with Gasteiger partial charge in [-0.1, -0.05) is 29.8 Å². The van der Waals surface area contributed by atoms with E-state index in [1.54, 1.807) is 0 Å². The first kappa shape index (κ1) is 15.5. The minimum atomic E-state index is -0.568. The molecule has 1 aliphatic rings. The van der Waals surface area contributed by atoms with Crippen molar-refractivity contribution in [3.63, 3.8) is 0 Å². The summed E-state index contributed by atoms with van der Waals surface area (Å²) in [5, 5.41) is 18.3. The van der Waals surface area contributed by atoms with Crippen molar-refractivity contribution in [1.82, 2.24) is 20.1 Å². The number of benzene rings is 1. The van der Waals surface area contributed by atoms with Gasteiger partial charge in [0, 0.05) is 29.6 Å². The molecule has 1 aliphatic heterocycles. The van der Waals surface area contributed by atoms with Crippen molar-refractivity contribution in [2.75, 3.05) is 19.6 Å². The van der Waals surface area contributed by atoms with Crippen LogP contribution in [0, 0.1) is 6.92 Å². The van der Waals surface area contributed by atoms with Crippen LogP contribution in [0.1, 0.15) is 42.1 Å². The summed E-state index contributed by atoms with van der Waals surface area (Å²) in [6, 6.07) is 7.48. The molecule has 6 heteroatoms. The Labute approximate surface area is 135 Å². The van der Waals surface area contributed by atoms with E-state index in [0.29, 0.717) is 17.5 Å². The summed E-state index contributed by atoms with van der Waals surface area (Å²) in [4.78, 5) is 6.71. The Hall–Kier alpha value is -1.43. The Morgan fingerprint density at radius 3 is 3.00 bits per heavy atom. The lowest BCUT2D eigenvalue weighted by Crippen LogP contribution is -2.37. The van der Waals surface area contributed by atoms with Crippen molar-refractivity contribution >= 4 is 11.6 Å². The number of halogens is 1. The molecule has 2 atom stereocenters. The second-order valence-corrected chi connectivity index (χ2v) is 6.32. The highest BCUT2D eigenvalue weighted by Gasteiger charge is 2.26. The van der Waals surface area contributed by atoms with Gasteiger partial charge in [-0.05, 0) is 32.4 Å². The number of rotatable bonds is 4. The molecule has 0 amide bonds. The monoisotopic (exact) mass is 320 g/mol. The van der Waals surface area contributed by atoms with E-state index in [2.05, 4.69) is 20.1 Å². The Balaban J connectivity index is 1.64. The average Bonchev–Trinajstić information content (AvgIpc) is 2.94. The molecule has 1 saturated heterocycles. The first-order valence-electron chi connectivity index (χ1n) is 7.67. The molecule has 1 fully saturated rings. The van der Waals surface area contributed by atoms with Crippen LogP contribution >= 0.6 is 11.6 Å². The van der Waals surface area contributed by atoms with Gasteiger partial charge in [0.2, 0.25) is 0 Å². The highest BCUT2D eigenvalue weighted by molar-refractivity contribution is 6.31. The van der Waals surface area contributed by atoms with Crippen LogP contribution < -0.4 is 0 Å². The molecule has 22 heavy (non-hydrogen) atoms. The average molecular weight is 321 g/mol. The number of nitrogens with one attached hydrogen (secondary N) is 1. The van der Waals surface area contributed by atoms with Crippen molar-refractivity contribution in [3.8, 4) is 0 Å². The maximum Gasteiger partial charge on any atom is 0.155 e. The van der Waals surface area contributed by atoms with Gasteiger partial charge in [-0.15, -0.1) is 0 Å². The van der Waals surface area contributed by atoms with Gasteiger partial charge in [0.05, 0.1) is 6.10 Å². The second-order valence-electron chi connectivity index (χ2n) is 5.92. The van der Waals surface area contributed by atoms with Crippen molar-refractivity contribution < 1.29 is 5.11 Å². The minimum absolute atomic E-state index is 0.331. The number of hydrogen-bond donors (Lipinski definition) is 2. The molecule has 1 aromatic heterocycles. The normalized spacial score (nSPS) is 21.0. The van der Waals surface area contributed by atoms with Crippen LogP contribution in [0.2, 0.25) is 5.02 Å². The Kier molecular flexibility index (Phi) is 4.76. The summed E-state index contributed by atoms with van der Waals surface area (Å²) in [6.07, 6.45) is 1.62. The van der Waals surface area contributed by atoms with Crippen LogP contribution in [-0.2, 0) is 0 Å². The first-order valence-corrected chi connectivity index (χ1v) is 8.05. The Bertz CT molecular complexity index is 630. The lowest BCUT2D eigenvalue weighted by atomic mass is 9.96. The van der Waals surface area contributed by atoms with E-state index in [0.717, 1.165) is 43.1 Å². The summed E-state index contributed by atoms with van der Waals surface area (Å²) in [6.45, 7) is 4.36. The zero-order valence-corrected chi connectivity index (χ0v) is 13.4. The molecule has 2 heterocycles. The maximum atomic E-state index is 10.5. The lowest BCUT2D eigenvalue weighted by Gasteiger charge is -2.32. The fraction of sp³-hybridized carbons (Fsp3) is 0.500. The molecule has 0 bridgehead atoms. The van der Waals surface area contributed by atoms with Gasteiger partial charge in [0.15, 0.2) is 5.82 Å². The Morgan fingerprint density at radius 1 is 1.45 bits per heavy atom. The van der Waals surface area contributed by atoms with E-state index in [-0.39, 0.29) is 0 Å². The predicted octanol–water partition coefficient (Wildman–Crippen LogP) is 2.68. The predicted molar refractivity (Wildman–Crippen MR) is 85.9 cm³/mol. The van der Waals surface area contributed by atoms with Crippen LogP contribution in [0.5, 0.6) is 0 Å². The third kappa shape index (κ3) is 3.48. The number of hydrogen-bond acceptors (Lipinski definition) is 4. The van der Waals surface area contributed by atoms with Gasteiger partial charge < -0.3 is 5.11 Å². The van der Waals surface area contributed by atoms with Crippen LogP contribution in [0.25, 0.3) is 0 Å². The molecule has 2 aromatic rings. The van der Waals surface area contributed by atoms with E-state index in [9.17, 15) is 5.11 Å². The lowest BCUT2D eigenvalue weighted by molar-refractivity contribution is 0.0946. The van der Waals surface area contributed by atoms with Crippen molar-refractivity contribution in [1.29, 1.82) is 0 Å². The quantitative estimate of drug-likeness (QED) is 0.909. The second kappa shape index (κ2) is 6.77. The van der Waals surface area contributed by atoms with Crippen molar-refractivity contribution in [2.24, 2.45) is 0 Å². The number of aliphatic hydroxyl groups excluding tert-OH is 1. The third-order valence-corrected chi connectivity index (χ3v) is 4.52. The highest BCUT2D eigenvalue weighted by Crippen LogP contribution is 2.28. The minimum Gasteiger partial charge on any atom is -0.387 e. The molecule has 2 unspecified atom stereocenters. The number of likely N-dealkylation sites (tertiary alicyclic amines) is 1. The molecule has 0 spiro atoms. The summed E-state index contributed by atoms with van der Waals surface area (Å²) < 4.78 is 0. The molecule has 0 aliphatic carbocycles. The van der Waals surface area contributed by atoms with Crippen molar-refractivity contribution in [2.45, 2.75) is 31.8 Å². The zero-order chi connectivity index (χ0) is 15.5. The van der Waals surface area contributed by atoms with E-state index in [1.807, 2.05) is 31.2 Å². The first-order chi connectivity index (χ1) is 10.6. The number of piperidine rings is 1. The number of aliphatic hydroxyl groups is 1. The van der Waals surface area contributed by atoms with E-state index in [1.165, 1.54) is 0 Å². The van der Waals surface area contributed by atoms with Crippen LogP contribution in [-0.4, -0.2) is 44.8 Å². The largest absolute Gasteiger partial charge is 0.387 e. The van der Waals surface area contributed by atoms with Gasteiger partial charge >= 0.3 is 0 Å². The molecule has 3 rings (SSSR count). The molecular weight excluding hydrogens is 300 g/mol. The summed E-state index contributed by atoms with van der Waals surface area (Å²) in [7, 11) is 0. The van der Waals surface area contributed by atoms with Gasteiger partial charge in [-0.2, -0.15) is 5.10 Å². The zero-order valence-electron chi connectivity index (χ0n) is 12.7. The van der Waals surface area contributed by atoms with Gasteiger partial charge in [-0.25, -0.2) is 4.98 Å². The van der Waals surface area contributed by atoms with Gasteiger partial charge in [-0.3, -0.25) is 10.00 Å². The molecule has 2 N–H and O–H groups in total. The molecular formula is C16H21ClN4O. The maximum absolute atomic E-state index is 10.5. The number of aryl methyl sites for hydroxylation is 1. The standard InChI is InChI=1S/C16H21ClN4O/c1-11-18-16(20-19-11)12-5-4-8-21(9-12)10-15(22)13-6-2-3-7-14(13)17/h2-3,6-7,12,15,22H,4-5,8-10H2,1H3,(H,18,19,20). The van der Waals surface area contributed by atoms with Gasteiger partial charge in [0.1, 0.15) is 5.82 Å². The number of aromatic amines is 1. The molecule has 1 aromatic carbocycles. The van der Waals surface area contributed by atoms with Gasteiger partial charge in [0.25, 0.3) is 0 Å². The molecule has 118 valence electrons.